The number of aromatic nitrogens is 1. The minimum Gasteiger partial charge on any atom is -0.318 e. The highest BCUT2D eigenvalue weighted by molar-refractivity contribution is 7.16. The van der Waals surface area contributed by atoms with Gasteiger partial charge >= 0.3 is 0 Å². The molecule has 0 amide bonds. The Bertz CT molecular complexity index is 395. The highest BCUT2D eigenvalue weighted by Crippen LogP contribution is 2.29. The van der Waals surface area contributed by atoms with E-state index in [0.29, 0.717) is 0 Å². The average molecular weight is 245 g/mol. The van der Waals surface area contributed by atoms with Crippen molar-refractivity contribution in [2.75, 3.05) is 0 Å². The molecule has 74 valence electrons. The van der Waals surface area contributed by atoms with Crippen LogP contribution in [0, 0.1) is 6.92 Å². The molecule has 1 atom stereocenters. The van der Waals surface area contributed by atoms with Crippen LogP contribution in [-0.4, -0.2) is 4.98 Å². The molecule has 2 aromatic rings. The molecule has 0 radical (unpaired) electrons. The van der Waals surface area contributed by atoms with Crippen LogP contribution in [0.5, 0.6) is 0 Å². The molecule has 0 saturated heterocycles. The van der Waals surface area contributed by atoms with Crippen molar-refractivity contribution in [1.82, 2.24) is 4.98 Å². The summed E-state index contributed by atoms with van der Waals surface area (Å²) in [4.78, 5) is 5.41. The van der Waals surface area contributed by atoms with Gasteiger partial charge in [-0.05, 0) is 19.1 Å². The van der Waals surface area contributed by atoms with Crippen molar-refractivity contribution in [3.63, 3.8) is 0 Å². The van der Waals surface area contributed by atoms with Gasteiger partial charge in [0.05, 0.1) is 21.1 Å². The topological polar surface area (TPSA) is 38.9 Å². The monoisotopic (exact) mass is 244 g/mol. The molecular formula is C9H9ClN2S2. The van der Waals surface area contributed by atoms with E-state index in [-0.39, 0.29) is 6.04 Å². The van der Waals surface area contributed by atoms with Crippen molar-refractivity contribution in [3.8, 4) is 0 Å². The Kier molecular flexibility index (Phi) is 2.88. The number of hydrogen-bond donors (Lipinski definition) is 1. The van der Waals surface area contributed by atoms with E-state index in [9.17, 15) is 0 Å². The molecule has 0 saturated carbocycles. The standard InChI is InChI=1S/C9H9ClN2S2/c1-5-12-6(4-13-5)9(11)7-2-3-8(10)14-7/h2-4,9H,11H2,1H3. The summed E-state index contributed by atoms with van der Waals surface area (Å²) < 4.78 is 0.766. The van der Waals surface area contributed by atoms with Crippen molar-refractivity contribution in [2.45, 2.75) is 13.0 Å². The van der Waals surface area contributed by atoms with Crippen LogP contribution in [0.3, 0.4) is 0 Å². The number of nitrogens with two attached hydrogens (primary N) is 1. The molecule has 0 aliphatic rings. The molecule has 0 aliphatic carbocycles. The van der Waals surface area contributed by atoms with E-state index in [1.165, 1.54) is 11.3 Å². The van der Waals surface area contributed by atoms with Gasteiger partial charge in [-0.1, -0.05) is 11.6 Å². The summed E-state index contributed by atoms with van der Waals surface area (Å²) in [6.07, 6.45) is 0. The number of halogens is 1. The molecule has 2 aromatic heterocycles. The molecule has 0 bridgehead atoms. The van der Waals surface area contributed by atoms with Gasteiger partial charge in [0.1, 0.15) is 0 Å². The number of hydrogen-bond acceptors (Lipinski definition) is 4. The number of thiophene rings is 1. The van der Waals surface area contributed by atoms with Gasteiger partial charge in [-0.15, -0.1) is 22.7 Å². The predicted octanol–water partition coefficient (Wildman–Crippen LogP) is 3.21. The van der Waals surface area contributed by atoms with Crippen LogP contribution in [0.4, 0.5) is 0 Å². The molecular weight excluding hydrogens is 236 g/mol. The fraction of sp³-hybridized carbons (Fsp3) is 0.222. The molecule has 5 heteroatoms. The summed E-state index contributed by atoms with van der Waals surface area (Å²) in [6, 6.07) is 3.67. The number of rotatable bonds is 2. The summed E-state index contributed by atoms with van der Waals surface area (Å²) >= 11 is 8.96. The van der Waals surface area contributed by atoms with Crippen molar-refractivity contribution in [1.29, 1.82) is 0 Å². The van der Waals surface area contributed by atoms with E-state index in [0.717, 1.165) is 19.9 Å². The second kappa shape index (κ2) is 3.98. The Morgan fingerprint density at radius 2 is 2.29 bits per heavy atom. The van der Waals surface area contributed by atoms with Crippen molar-refractivity contribution >= 4 is 34.3 Å². The Balaban J connectivity index is 2.28. The van der Waals surface area contributed by atoms with E-state index in [1.807, 2.05) is 24.4 Å². The summed E-state index contributed by atoms with van der Waals surface area (Å²) in [7, 11) is 0. The van der Waals surface area contributed by atoms with Crippen LogP contribution in [0.25, 0.3) is 0 Å². The summed E-state index contributed by atoms with van der Waals surface area (Å²) in [5.41, 5.74) is 6.96. The number of nitrogens with zero attached hydrogens (tertiary/aromatic N) is 1. The van der Waals surface area contributed by atoms with Crippen molar-refractivity contribution in [3.05, 3.63) is 37.4 Å². The molecule has 0 fully saturated rings. The van der Waals surface area contributed by atoms with Crippen LogP contribution < -0.4 is 5.73 Å². The van der Waals surface area contributed by atoms with Crippen molar-refractivity contribution in [2.24, 2.45) is 5.73 Å². The molecule has 0 aliphatic heterocycles. The first kappa shape index (κ1) is 10.1. The molecule has 1 unspecified atom stereocenters. The zero-order valence-electron chi connectivity index (χ0n) is 7.53. The Hall–Kier alpha value is -0.420. The van der Waals surface area contributed by atoms with Gasteiger partial charge in [0.25, 0.3) is 0 Å². The number of thiazole rings is 1. The highest BCUT2D eigenvalue weighted by atomic mass is 35.5. The second-order valence-corrected chi connectivity index (χ2v) is 5.72. The third-order valence-electron chi connectivity index (χ3n) is 1.86. The Morgan fingerprint density at radius 3 is 2.79 bits per heavy atom. The van der Waals surface area contributed by atoms with E-state index in [1.54, 1.807) is 11.3 Å². The van der Waals surface area contributed by atoms with Gasteiger partial charge in [-0.25, -0.2) is 4.98 Å². The average Bonchev–Trinajstić information content (AvgIpc) is 2.73. The lowest BCUT2D eigenvalue weighted by atomic mass is 10.2. The normalized spacial score (nSPS) is 13.1. The van der Waals surface area contributed by atoms with Gasteiger partial charge in [0, 0.05) is 10.3 Å². The third kappa shape index (κ3) is 1.98. The van der Waals surface area contributed by atoms with Crippen LogP contribution in [0.1, 0.15) is 21.6 Å². The van der Waals surface area contributed by atoms with Gasteiger partial charge in [0.2, 0.25) is 0 Å². The van der Waals surface area contributed by atoms with Crippen LogP contribution in [-0.2, 0) is 0 Å². The van der Waals surface area contributed by atoms with E-state index in [2.05, 4.69) is 4.98 Å². The lowest BCUT2D eigenvalue weighted by Crippen LogP contribution is -2.10. The quantitative estimate of drug-likeness (QED) is 0.881. The smallest absolute Gasteiger partial charge is 0.0931 e. The first-order chi connectivity index (χ1) is 6.66. The minimum absolute atomic E-state index is 0.141. The molecule has 2 heterocycles. The van der Waals surface area contributed by atoms with Gasteiger partial charge < -0.3 is 5.73 Å². The first-order valence-electron chi connectivity index (χ1n) is 4.09. The predicted molar refractivity (Wildman–Crippen MR) is 62.2 cm³/mol. The fourth-order valence-corrected chi connectivity index (χ4v) is 2.89. The maximum absolute atomic E-state index is 6.04. The van der Waals surface area contributed by atoms with Gasteiger partial charge in [0.15, 0.2) is 0 Å². The zero-order chi connectivity index (χ0) is 10.1. The fourth-order valence-electron chi connectivity index (χ4n) is 1.16. The second-order valence-electron chi connectivity index (χ2n) is 2.91. The Morgan fingerprint density at radius 1 is 1.50 bits per heavy atom. The molecule has 14 heavy (non-hydrogen) atoms. The lowest BCUT2D eigenvalue weighted by molar-refractivity contribution is 0.853. The summed E-state index contributed by atoms with van der Waals surface area (Å²) in [6.45, 7) is 1.97. The molecule has 0 aromatic carbocycles. The van der Waals surface area contributed by atoms with Crippen LogP contribution in [0.2, 0.25) is 4.34 Å². The SMILES string of the molecule is Cc1nc(C(N)c2ccc(Cl)s2)cs1. The maximum atomic E-state index is 6.04. The zero-order valence-corrected chi connectivity index (χ0v) is 9.92. The lowest BCUT2D eigenvalue weighted by Gasteiger charge is -2.04. The molecule has 0 spiro atoms. The molecule has 2 nitrogen and oxygen atoms in total. The minimum atomic E-state index is -0.141. The summed E-state index contributed by atoms with van der Waals surface area (Å²) in [5.74, 6) is 0. The van der Waals surface area contributed by atoms with Crippen LogP contribution >= 0.6 is 34.3 Å². The van der Waals surface area contributed by atoms with Gasteiger partial charge in [-0.3, -0.25) is 0 Å². The van der Waals surface area contributed by atoms with E-state index in [4.69, 9.17) is 17.3 Å². The number of aryl methyl sites for hydroxylation is 1. The Labute approximate surface area is 95.4 Å². The first-order valence-corrected chi connectivity index (χ1v) is 6.17. The third-order valence-corrected chi connectivity index (χ3v) is 3.96. The highest BCUT2D eigenvalue weighted by Gasteiger charge is 2.13. The van der Waals surface area contributed by atoms with E-state index < -0.39 is 0 Å². The van der Waals surface area contributed by atoms with Crippen LogP contribution in [0.15, 0.2) is 17.5 Å². The molecule has 2 rings (SSSR count). The van der Waals surface area contributed by atoms with Crippen molar-refractivity contribution < 1.29 is 0 Å². The van der Waals surface area contributed by atoms with E-state index >= 15 is 0 Å². The maximum Gasteiger partial charge on any atom is 0.0931 e. The van der Waals surface area contributed by atoms with Gasteiger partial charge in [-0.2, -0.15) is 0 Å². The molecule has 2 N–H and O–H groups in total. The largest absolute Gasteiger partial charge is 0.318 e. The summed E-state index contributed by atoms with van der Waals surface area (Å²) in [5, 5.41) is 3.03.